The van der Waals surface area contributed by atoms with Crippen molar-refractivity contribution in [3.05, 3.63) is 29.6 Å². The average molecular weight is 169 g/mol. The van der Waals surface area contributed by atoms with Crippen LogP contribution in [0.25, 0.3) is 0 Å². The van der Waals surface area contributed by atoms with E-state index in [1.807, 2.05) is 19.0 Å². The maximum Gasteiger partial charge on any atom is 0.165 e. The van der Waals surface area contributed by atoms with Crippen molar-refractivity contribution in [3.8, 4) is 5.75 Å². The molecule has 0 fully saturated rings. The van der Waals surface area contributed by atoms with Crippen molar-refractivity contribution in [1.82, 2.24) is 4.90 Å². The third-order valence-electron chi connectivity index (χ3n) is 1.56. The molecule has 0 atom stereocenters. The Labute approximate surface area is 71.2 Å². The number of para-hydroxylation sites is 1. The van der Waals surface area contributed by atoms with Gasteiger partial charge in [-0.05, 0) is 20.2 Å². The zero-order valence-electron chi connectivity index (χ0n) is 7.21. The van der Waals surface area contributed by atoms with Gasteiger partial charge in [-0.25, -0.2) is 4.39 Å². The van der Waals surface area contributed by atoms with Crippen LogP contribution in [-0.4, -0.2) is 24.1 Å². The molecule has 0 saturated carbocycles. The number of phenolic OH excluding ortho intramolecular Hbond substituents is 1. The summed E-state index contributed by atoms with van der Waals surface area (Å²) < 4.78 is 12.8. The lowest BCUT2D eigenvalue weighted by Gasteiger charge is -2.10. The smallest absolute Gasteiger partial charge is 0.165 e. The van der Waals surface area contributed by atoms with Crippen molar-refractivity contribution in [2.75, 3.05) is 14.1 Å². The van der Waals surface area contributed by atoms with E-state index in [0.717, 1.165) is 0 Å². The molecule has 0 radical (unpaired) electrons. The molecule has 0 saturated heterocycles. The van der Waals surface area contributed by atoms with Gasteiger partial charge in [0.2, 0.25) is 0 Å². The molecule has 0 spiro atoms. The SMILES string of the molecule is CN(C)Cc1cccc(F)c1O. The molecule has 1 aromatic carbocycles. The van der Waals surface area contributed by atoms with Gasteiger partial charge in [0.1, 0.15) is 0 Å². The normalized spacial score (nSPS) is 10.7. The quantitative estimate of drug-likeness (QED) is 0.726. The van der Waals surface area contributed by atoms with Crippen LogP contribution < -0.4 is 0 Å². The molecule has 0 aliphatic rings. The third kappa shape index (κ3) is 1.95. The van der Waals surface area contributed by atoms with E-state index in [-0.39, 0.29) is 5.75 Å². The number of rotatable bonds is 2. The minimum absolute atomic E-state index is 0.244. The Morgan fingerprint density at radius 2 is 2.08 bits per heavy atom. The van der Waals surface area contributed by atoms with Crippen molar-refractivity contribution in [1.29, 1.82) is 0 Å². The Morgan fingerprint density at radius 3 is 2.67 bits per heavy atom. The first kappa shape index (κ1) is 9.00. The Hall–Kier alpha value is -1.09. The van der Waals surface area contributed by atoms with Crippen LogP contribution in [0.3, 0.4) is 0 Å². The van der Waals surface area contributed by atoms with Crippen LogP contribution in [0.15, 0.2) is 18.2 Å². The number of aromatic hydroxyl groups is 1. The van der Waals surface area contributed by atoms with Crippen LogP contribution >= 0.6 is 0 Å². The molecular formula is C9H12FNO. The molecule has 0 bridgehead atoms. The molecule has 0 aromatic heterocycles. The Bertz CT molecular complexity index is 273. The molecule has 2 nitrogen and oxygen atoms in total. The predicted octanol–water partition coefficient (Wildman–Crippen LogP) is 1.59. The zero-order chi connectivity index (χ0) is 9.14. The molecule has 0 heterocycles. The van der Waals surface area contributed by atoms with Crippen LogP contribution in [0.1, 0.15) is 5.56 Å². The second-order valence-electron chi connectivity index (χ2n) is 2.99. The van der Waals surface area contributed by atoms with E-state index in [0.29, 0.717) is 12.1 Å². The number of hydrogen-bond donors (Lipinski definition) is 1. The summed E-state index contributed by atoms with van der Waals surface area (Å²) in [7, 11) is 3.73. The first-order valence-corrected chi connectivity index (χ1v) is 3.72. The van der Waals surface area contributed by atoms with E-state index in [1.54, 1.807) is 12.1 Å². The van der Waals surface area contributed by atoms with E-state index in [1.165, 1.54) is 6.07 Å². The topological polar surface area (TPSA) is 23.5 Å². The fourth-order valence-electron chi connectivity index (χ4n) is 1.03. The zero-order valence-corrected chi connectivity index (χ0v) is 7.21. The summed E-state index contributed by atoms with van der Waals surface area (Å²) in [5, 5.41) is 9.24. The molecule has 1 N–H and O–H groups in total. The largest absolute Gasteiger partial charge is 0.505 e. The van der Waals surface area contributed by atoms with Gasteiger partial charge in [0.05, 0.1) is 0 Å². The molecule has 1 aromatic rings. The number of phenols is 1. The molecule has 3 heteroatoms. The van der Waals surface area contributed by atoms with Crippen molar-refractivity contribution < 1.29 is 9.50 Å². The molecule has 0 unspecified atom stereocenters. The fourth-order valence-corrected chi connectivity index (χ4v) is 1.03. The van der Waals surface area contributed by atoms with E-state index < -0.39 is 5.82 Å². The maximum atomic E-state index is 12.8. The molecule has 0 aliphatic carbocycles. The van der Waals surface area contributed by atoms with Gasteiger partial charge in [-0.15, -0.1) is 0 Å². The lowest BCUT2D eigenvalue weighted by molar-refractivity contribution is 0.375. The van der Waals surface area contributed by atoms with Crippen LogP contribution in [0.2, 0.25) is 0 Å². The summed E-state index contributed by atoms with van der Waals surface area (Å²) in [4.78, 5) is 1.87. The average Bonchev–Trinajstić information content (AvgIpc) is 1.98. The molecule has 66 valence electrons. The Kier molecular flexibility index (Phi) is 2.65. The number of hydrogen-bond acceptors (Lipinski definition) is 2. The summed E-state index contributed by atoms with van der Waals surface area (Å²) >= 11 is 0. The first-order valence-electron chi connectivity index (χ1n) is 3.72. The third-order valence-corrected chi connectivity index (χ3v) is 1.56. The monoisotopic (exact) mass is 169 g/mol. The minimum atomic E-state index is -0.561. The highest BCUT2D eigenvalue weighted by Gasteiger charge is 2.06. The van der Waals surface area contributed by atoms with Crippen molar-refractivity contribution in [2.45, 2.75) is 6.54 Å². The van der Waals surface area contributed by atoms with E-state index in [2.05, 4.69) is 0 Å². The first-order chi connectivity index (χ1) is 5.61. The minimum Gasteiger partial charge on any atom is -0.505 e. The number of halogens is 1. The lowest BCUT2D eigenvalue weighted by Crippen LogP contribution is -2.10. The second-order valence-corrected chi connectivity index (χ2v) is 2.99. The second kappa shape index (κ2) is 3.54. The van der Waals surface area contributed by atoms with Crippen LogP contribution in [-0.2, 0) is 6.54 Å². The van der Waals surface area contributed by atoms with E-state index in [9.17, 15) is 9.50 Å². The molecule has 0 aliphatic heterocycles. The van der Waals surface area contributed by atoms with E-state index >= 15 is 0 Å². The molecule has 0 amide bonds. The van der Waals surface area contributed by atoms with Gasteiger partial charge < -0.3 is 10.0 Å². The van der Waals surface area contributed by atoms with Gasteiger partial charge >= 0.3 is 0 Å². The van der Waals surface area contributed by atoms with Gasteiger partial charge in [0, 0.05) is 12.1 Å². The highest BCUT2D eigenvalue weighted by atomic mass is 19.1. The van der Waals surface area contributed by atoms with E-state index in [4.69, 9.17) is 0 Å². The summed E-state index contributed by atoms with van der Waals surface area (Å²) in [6, 6.07) is 4.54. The van der Waals surface area contributed by atoms with Crippen molar-refractivity contribution >= 4 is 0 Å². The summed E-state index contributed by atoms with van der Waals surface area (Å²) in [5.41, 5.74) is 0.611. The highest BCUT2D eigenvalue weighted by Crippen LogP contribution is 2.21. The van der Waals surface area contributed by atoms with Crippen molar-refractivity contribution in [2.24, 2.45) is 0 Å². The summed E-state index contributed by atoms with van der Waals surface area (Å²) in [6.45, 7) is 0.545. The number of nitrogens with zero attached hydrogens (tertiary/aromatic N) is 1. The standard InChI is InChI=1S/C9H12FNO/c1-11(2)6-7-4-3-5-8(10)9(7)12/h3-5,12H,6H2,1-2H3. The number of benzene rings is 1. The Balaban J connectivity index is 2.92. The van der Waals surface area contributed by atoms with Crippen molar-refractivity contribution in [3.63, 3.8) is 0 Å². The summed E-state index contributed by atoms with van der Waals surface area (Å²) in [5.74, 6) is -0.805. The highest BCUT2D eigenvalue weighted by molar-refractivity contribution is 5.33. The summed E-state index contributed by atoms with van der Waals surface area (Å²) in [6.07, 6.45) is 0. The predicted molar refractivity (Wildman–Crippen MR) is 45.5 cm³/mol. The lowest BCUT2D eigenvalue weighted by atomic mass is 10.2. The van der Waals surface area contributed by atoms with Crippen LogP contribution in [0.4, 0.5) is 4.39 Å². The molecule has 12 heavy (non-hydrogen) atoms. The van der Waals surface area contributed by atoms with Gasteiger partial charge in [-0.1, -0.05) is 12.1 Å². The van der Waals surface area contributed by atoms with Crippen LogP contribution in [0.5, 0.6) is 5.75 Å². The Morgan fingerprint density at radius 1 is 1.42 bits per heavy atom. The van der Waals surface area contributed by atoms with Gasteiger partial charge in [-0.3, -0.25) is 0 Å². The van der Waals surface area contributed by atoms with Gasteiger partial charge in [0.15, 0.2) is 11.6 Å². The van der Waals surface area contributed by atoms with Gasteiger partial charge in [0.25, 0.3) is 0 Å². The molecular weight excluding hydrogens is 157 g/mol. The fraction of sp³-hybridized carbons (Fsp3) is 0.333. The van der Waals surface area contributed by atoms with Gasteiger partial charge in [-0.2, -0.15) is 0 Å². The van der Waals surface area contributed by atoms with Crippen LogP contribution in [0, 0.1) is 5.82 Å². The maximum absolute atomic E-state index is 12.8. The molecule has 1 rings (SSSR count).